The van der Waals surface area contributed by atoms with Crippen LogP contribution < -0.4 is 15.5 Å². The van der Waals surface area contributed by atoms with Crippen molar-refractivity contribution in [3.63, 3.8) is 0 Å². The molecule has 1 fully saturated rings. The molecule has 0 unspecified atom stereocenters. The van der Waals surface area contributed by atoms with Crippen LogP contribution >= 0.6 is 24.0 Å². The molecule has 2 heterocycles. The fourth-order valence-electron chi connectivity index (χ4n) is 4.20. The van der Waals surface area contributed by atoms with Crippen molar-refractivity contribution in [1.82, 2.24) is 15.5 Å². The summed E-state index contributed by atoms with van der Waals surface area (Å²) < 4.78 is 0. The van der Waals surface area contributed by atoms with Crippen molar-refractivity contribution in [2.75, 3.05) is 38.1 Å². The summed E-state index contributed by atoms with van der Waals surface area (Å²) in [4.78, 5) is 9.36. The van der Waals surface area contributed by atoms with Crippen molar-refractivity contribution in [2.24, 2.45) is 4.99 Å². The Balaban J connectivity index is 0.00000272. The average Bonchev–Trinajstić information content (AvgIpc) is 3.34. The van der Waals surface area contributed by atoms with E-state index in [1.54, 1.807) is 0 Å². The molecule has 0 spiro atoms. The summed E-state index contributed by atoms with van der Waals surface area (Å²) in [6, 6.07) is 20.0. The van der Waals surface area contributed by atoms with Crippen LogP contribution in [0.15, 0.2) is 71.7 Å². The van der Waals surface area contributed by atoms with E-state index in [0.29, 0.717) is 6.04 Å². The molecular weight excluding hydrogens is 497 g/mol. The van der Waals surface area contributed by atoms with Gasteiger partial charge in [0, 0.05) is 58.0 Å². The maximum Gasteiger partial charge on any atom is 0.191 e. The number of anilines is 1. The van der Waals surface area contributed by atoms with Crippen LogP contribution in [0.3, 0.4) is 0 Å². The molecule has 0 atom stereocenters. The van der Waals surface area contributed by atoms with Gasteiger partial charge < -0.3 is 15.5 Å². The number of nitrogens with zero attached hydrogens (tertiary/aromatic N) is 3. The fraction of sp³-hybridized carbons (Fsp3) is 0.400. The molecule has 5 nitrogen and oxygen atoms in total. The minimum absolute atomic E-state index is 0. The summed E-state index contributed by atoms with van der Waals surface area (Å²) in [5.74, 6) is 0.893. The topological polar surface area (TPSA) is 42.9 Å². The van der Waals surface area contributed by atoms with Gasteiger partial charge in [-0.15, -0.1) is 24.0 Å². The van der Waals surface area contributed by atoms with Gasteiger partial charge in [0.25, 0.3) is 0 Å². The van der Waals surface area contributed by atoms with Gasteiger partial charge in [0.15, 0.2) is 5.96 Å². The zero-order valence-corrected chi connectivity index (χ0v) is 20.7. The van der Waals surface area contributed by atoms with E-state index in [1.165, 1.54) is 16.8 Å². The molecule has 2 aromatic carbocycles. The second-order valence-electron chi connectivity index (χ2n) is 8.15. The Morgan fingerprint density at radius 3 is 2.39 bits per heavy atom. The lowest BCUT2D eigenvalue weighted by Crippen LogP contribution is -2.48. The van der Waals surface area contributed by atoms with E-state index >= 15 is 0 Å². The van der Waals surface area contributed by atoms with Crippen molar-refractivity contribution in [3.05, 3.63) is 77.9 Å². The van der Waals surface area contributed by atoms with Gasteiger partial charge in [0.05, 0.1) is 0 Å². The van der Waals surface area contributed by atoms with Crippen LogP contribution in [0.4, 0.5) is 5.69 Å². The molecule has 0 saturated carbocycles. The van der Waals surface area contributed by atoms with E-state index in [2.05, 4.69) is 92.2 Å². The Bertz CT molecular complexity index is 851. The van der Waals surface area contributed by atoms with Crippen LogP contribution in [0.2, 0.25) is 0 Å². The maximum atomic E-state index is 4.44. The molecule has 2 aliphatic heterocycles. The van der Waals surface area contributed by atoms with Gasteiger partial charge >= 0.3 is 0 Å². The summed E-state index contributed by atoms with van der Waals surface area (Å²) in [5, 5.41) is 7.11. The molecule has 0 aromatic heterocycles. The lowest BCUT2D eigenvalue weighted by Gasteiger charge is -2.33. The molecule has 0 radical (unpaired) electrons. The van der Waals surface area contributed by atoms with Crippen molar-refractivity contribution in [3.8, 4) is 0 Å². The van der Waals surface area contributed by atoms with Crippen LogP contribution in [0.1, 0.15) is 24.0 Å². The highest BCUT2D eigenvalue weighted by Gasteiger charge is 2.20. The molecule has 6 heteroatoms. The highest BCUT2D eigenvalue weighted by molar-refractivity contribution is 14.0. The van der Waals surface area contributed by atoms with Gasteiger partial charge in [-0.1, -0.05) is 54.6 Å². The van der Waals surface area contributed by atoms with E-state index in [0.717, 1.165) is 58.1 Å². The van der Waals surface area contributed by atoms with Crippen molar-refractivity contribution in [1.29, 1.82) is 0 Å². The largest absolute Gasteiger partial charge is 0.364 e. The number of likely N-dealkylation sites (tertiary alicyclic amines) is 1. The summed E-state index contributed by atoms with van der Waals surface area (Å²) in [5.41, 5.74) is 3.96. The van der Waals surface area contributed by atoms with Crippen LogP contribution in [-0.4, -0.2) is 50.1 Å². The molecule has 1 saturated heterocycles. The van der Waals surface area contributed by atoms with E-state index in [-0.39, 0.29) is 24.0 Å². The number of rotatable bonds is 6. The molecule has 31 heavy (non-hydrogen) atoms. The Kier molecular flexibility index (Phi) is 9.21. The molecule has 0 amide bonds. The number of piperidine rings is 1. The SMILES string of the molecule is CN=C(NCc1cccc(N2CC=CC2)c1)NC1CCN(Cc2ccccc2)CC1.I. The molecule has 2 aromatic rings. The minimum atomic E-state index is 0. The molecular formula is C25H34IN5. The lowest BCUT2D eigenvalue weighted by molar-refractivity contribution is 0.198. The smallest absolute Gasteiger partial charge is 0.191 e. The number of hydrogen-bond donors (Lipinski definition) is 2. The highest BCUT2D eigenvalue weighted by atomic mass is 127. The molecule has 0 aliphatic carbocycles. The van der Waals surface area contributed by atoms with Gasteiger partial charge in [-0.2, -0.15) is 0 Å². The first-order valence-electron chi connectivity index (χ1n) is 11.0. The standard InChI is InChI=1S/C25H33N5.HI/c1-26-25(27-19-22-10-7-11-24(18-22)30-14-5-6-15-30)28-23-12-16-29(17-13-23)20-21-8-3-2-4-9-21;/h2-11,18,23H,12-17,19-20H2,1H3,(H2,26,27,28);1H. The third kappa shape index (κ3) is 6.97. The van der Waals surface area contributed by atoms with Gasteiger partial charge in [0.2, 0.25) is 0 Å². The number of halogens is 1. The van der Waals surface area contributed by atoms with E-state index in [9.17, 15) is 0 Å². The van der Waals surface area contributed by atoms with Gasteiger partial charge in [0.1, 0.15) is 0 Å². The summed E-state index contributed by atoms with van der Waals surface area (Å²) in [7, 11) is 1.85. The van der Waals surface area contributed by atoms with E-state index in [4.69, 9.17) is 0 Å². The Hall–Kier alpha value is -2.06. The molecule has 2 N–H and O–H groups in total. The second-order valence-corrected chi connectivity index (χ2v) is 8.15. The second kappa shape index (κ2) is 12.1. The van der Waals surface area contributed by atoms with Crippen molar-refractivity contribution < 1.29 is 0 Å². The Morgan fingerprint density at radius 2 is 1.68 bits per heavy atom. The third-order valence-electron chi connectivity index (χ3n) is 5.95. The van der Waals surface area contributed by atoms with Crippen LogP contribution in [0.25, 0.3) is 0 Å². The van der Waals surface area contributed by atoms with Crippen molar-refractivity contribution in [2.45, 2.75) is 32.0 Å². The molecule has 166 valence electrons. The molecule has 4 rings (SSSR count). The first-order chi connectivity index (χ1) is 14.8. The van der Waals surface area contributed by atoms with Crippen LogP contribution in [-0.2, 0) is 13.1 Å². The van der Waals surface area contributed by atoms with Crippen LogP contribution in [0.5, 0.6) is 0 Å². The van der Waals surface area contributed by atoms with E-state index < -0.39 is 0 Å². The number of guanidine groups is 1. The average molecular weight is 531 g/mol. The Morgan fingerprint density at radius 1 is 0.968 bits per heavy atom. The zero-order valence-electron chi connectivity index (χ0n) is 18.3. The first kappa shape index (κ1) is 23.6. The molecule has 2 aliphatic rings. The predicted molar refractivity (Wildman–Crippen MR) is 141 cm³/mol. The number of nitrogens with one attached hydrogen (secondary N) is 2. The van der Waals surface area contributed by atoms with Gasteiger partial charge in [-0.05, 0) is 36.1 Å². The number of aliphatic imine (C=N–C) groups is 1. The Labute approximate surface area is 203 Å². The maximum absolute atomic E-state index is 4.44. The number of hydrogen-bond acceptors (Lipinski definition) is 3. The van der Waals surface area contributed by atoms with E-state index in [1.807, 2.05) is 7.05 Å². The minimum Gasteiger partial charge on any atom is -0.364 e. The van der Waals surface area contributed by atoms with Gasteiger partial charge in [-0.25, -0.2) is 0 Å². The fourth-order valence-corrected chi connectivity index (χ4v) is 4.20. The third-order valence-corrected chi connectivity index (χ3v) is 5.95. The van der Waals surface area contributed by atoms with Crippen LogP contribution in [0, 0.1) is 0 Å². The first-order valence-corrected chi connectivity index (χ1v) is 11.0. The van der Waals surface area contributed by atoms with Crippen molar-refractivity contribution >= 4 is 35.6 Å². The molecule has 0 bridgehead atoms. The summed E-state index contributed by atoms with van der Waals surface area (Å²) in [6.45, 7) is 6.07. The summed E-state index contributed by atoms with van der Waals surface area (Å²) >= 11 is 0. The number of benzene rings is 2. The predicted octanol–water partition coefficient (Wildman–Crippen LogP) is 4.01. The lowest BCUT2D eigenvalue weighted by atomic mass is 10.0. The summed E-state index contributed by atoms with van der Waals surface area (Å²) in [6.07, 6.45) is 6.74. The highest BCUT2D eigenvalue weighted by Crippen LogP contribution is 2.18. The quantitative estimate of drug-likeness (QED) is 0.256. The normalized spacial score (nSPS) is 17.5. The van der Waals surface area contributed by atoms with Gasteiger partial charge in [-0.3, -0.25) is 9.89 Å². The zero-order chi connectivity index (χ0) is 20.6. The monoisotopic (exact) mass is 531 g/mol.